The van der Waals surface area contributed by atoms with E-state index in [0.717, 1.165) is 31.2 Å². The molecular weight excluding hydrogens is 272 g/mol. The largest absolute Gasteiger partial charge is 0.349 e. The molecule has 1 amide bonds. The average molecular weight is 295 g/mol. The predicted molar refractivity (Wildman–Crippen MR) is 82.6 cm³/mol. The van der Waals surface area contributed by atoms with Gasteiger partial charge in [-0.05, 0) is 38.3 Å². The number of rotatable bonds is 3. The minimum atomic E-state index is -0.400. The molecule has 1 saturated carbocycles. The maximum atomic E-state index is 12.5. The van der Waals surface area contributed by atoms with E-state index in [9.17, 15) is 4.79 Å². The lowest BCUT2D eigenvalue weighted by atomic mass is 9.74. The average Bonchev–Trinajstić information content (AvgIpc) is 2.38. The number of amides is 1. The third kappa shape index (κ3) is 3.33. The highest BCUT2D eigenvalue weighted by molar-refractivity contribution is 6.31. The van der Waals surface area contributed by atoms with Crippen LogP contribution in [0.1, 0.15) is 51.1 Å². The van der Waals surface area contributed by atoms with Gasteiger partial charge in [0.15, 0.2) is 0 Å². The molecule has 0 saturated heterocycles. The molecule has 110 valence electrons. The van der Waals surface area contributed by atoms with Crippen molar-refractivity contribution < 1.29 is 4.79 Å². The zero-order valence-corrected chi connectivity index (χ0v) is 12.9. The molecule has 1 aromatic rings. The SMILES string of the molecule is CC(NC(=O)C1CCCCC1(C)N)c1ccccc1Cl. The van der Waals surface area contributed by atoms with Gasteiger partial charge in [-0.15, -0.1) is 0 Å². The molecule has 3 unspecified atom stereocenters. The Hall–Kier alpha value is -1.06. The molecule has 0 heterocycles. The van der Waals surface area contributed by atoms with Crippen molar-refractivity contribution in [1.82, 2.24) is 5.32 Å². The fourth-order valence-corrected chi connectivity index (χ4v) is 3.31. The Balaban J connectivity index is 2.06. The first kappa shape index (κ1) is 15.3. The summed E-state index contributed by atoms with van der Waals surface area (Å²) in [4.78, 5) is 12.5. The van der Waals surface area contributed by atoms with Crippen molar-refractivity contribution >= 4 is 17.5 Å². The van der Waals surface area contributed by atoms with Crippen molar-refractivity contribution in [2.45, 2.75) is 51.1 Å². The van der Waals surface area contributed by atoms with Crippen LogP contribution in [-0.4, -0.2) is 11.4 Å². The summed E-state index contributed by atoms with van der Waals surface area (Å²) < 4.78 is 0. The Bertz CT molecular complexity index is 487. The second kappa shape index (κ2) is 6.15. The number of nitrogens with two attached hydrogens (primary N) is 1. The lowest BCUT2D eigenvalue weighted by Gasteiger charge is -2.37. The van der Waals surface area contributed by atoms with Crippen LogP contribution in [-0.2, 0) is 4.79 Å². The molecule has 4 heteroatoms. The molecule has 2 rings (SSSR count). The summed E-state index contributed by atoms with van der Waals surface area (Å²) in [5.41, 5.74) is 6.82. The standard InChI is InChI=1S/C16H23ClN2O/c1-11(12-7-3-4-9-14(12)17)19-15(20)13-8-5-6-10-16(13,2)18/h3-4,7,9,11,13H,5-6,8,10,18H2,1-2H3,(H,19,20). The van der Waals surface area contributed by atoms with Crippen LogP contribution in [0.3, 0.4) is 0 Å². The number of hydrogen-bond donors (Lipinski definition) is 2. The lowest BCUT2D eigenvalue weighted by Crippen LogP contribution is -2.53. The predicted octanol–water partition coefficient (Wildman–Crippen LogP) is 3.42. The summed E-state index contributed by atoms with van der Waals surface area (Å²) in [5.74, 6) is -0.0664. The quantitative estimate of drug-likeness (QED) is 0.897. The van der Waals surface area contributed by atoms with E-state index in [1.807, 2.05) is 38.1 Å². The van der Waals surface area contributed by atoms with Crippen molar-refractivity contribution in [1.29, 1.82) is 0 Å². The first-order valence-electron chi connectivity index (χ1n) is 7.25. The summed E-state index contributed by atoms with van der Waals surface area (Å²) in [5, 5.41) is 3.74. The first-order valence-corrected chi connectivity index (χ1v) is 7.63. The fraction of sp³-hybridized carbons (Fsp3) is 0.562. The topological polar surface area (TPSA) is 55.1 Å². The van der Waals surface area contributed by atoms with Crippen LogP contribution in [0.25, 0.3) is 0 Å². The van der Waals surface area contributed by atoms with Crippen LogP contribution in [0.4, 0.5) is 0 Å². The minimum Gasteiger partial charge on any atom is -0.349 e. The normalized spacial score (nSPS) is 27.9. The zero-order valence-electron chi connectivity index (χ0n) is 12.2. The second-order valence-electron chi connectivity index (χ2n) is 6.06. The summed E-state index contributed by atoms with van der Waals surface area (Å²) in [6.07, 6.45) is 3.96. The second-order valence-corrected chi connectivity index (χ2v) is 6.46. The molecule has 1 aliphatic carbocycles. The number of hydrogen-bond acceptors (Lipinski definition) is 2. The maximum absolute atomic E-state index is 12.5. The van der Waals surface area contributed by atoms with Crippen LogP contribution in [0.5, 0.6) is 0 Å². The highest BCUT2D eigenvalue weighted by atomic mass is 35.5. The summed E-state index contributed by atoms with van der Waals surface area (Å²) >= 11 is 6.17. The Labute approximate surface area is 125 Å². The molecule has 1 aliphatic rings. The van der Waals surface area contributed by atoms with Crippen LogP contribution in [0.15, 0.2) is 24.3 Å². The molecule has 0 bridgehead atoms. The molecule has 0 spiro atoms. The summed E-state index contributed by atoms with van der Waals surface area (Å²) in [6, 6.07) is 7.49. The fourth-order valence-electron chi connectivity index (χ4n) is 3.01. The Morgan fingerprint density at radius 1 is 1.45 bits per heavy atom. The Kier molecular flexibility index (Phi) is 4.71. The van der Waals surface area contributed by atoms with Crippen LogP contribution < -0.4 is 11.1 Å². The van der Waals surface area contributed by atoms with Gasteiger partial charge in [-0.1, -0.05) is 42.6 Å². The smallest absolute Gasteiger partial charge is 0.225 e. The number of carbonyl (C=O) groups is 1. The third-order valence-electron chi connectivity index (χ3n) is 4.30. The van der Waals surface area contributed by atoms with Gasteiger partial charge in [-0.2, -0.15) is 0 Å². The van der Waals surface area contributed by atoms with Gasteiger partial charge in [-0.3, -0.25) is 4.79 Å². The first-order chi connectivity index (χ1) is 9.42. The number of benzene rings is 1. The van der Waals surface area contributed by atoms with Crippen molar-refractivity contribution in [3.63, 3.8) is 0 Å². The van der Waals surface area contributed by atoms with E-state index in [0.29, 0.717) is 5.02 Å². The van der Waals surface area contributed by atoms with Crippen molar-refractivity contribution in [3.05, 3.63) is 34.9 Å². The number of carbonyl (C=O) groups excluding carboxylic acids is 1. The highest BCUT2D eigenvalue weighted by Crippen LogP contribution is 2.32. The van der Waals surface area contributed by atoms with E-state index in [1.165, 1.54) is 0 Å². The minimum absolute atomic E-state index is 0.0436. The number of halogens is 1. The van der Waals surface area contributed by atoms with Crippen LogP contribution >= 0.6 is 11.6 Å². The molecule has 1 aromatic carbocycles. The van der Waals surface area contributed by atoms with E-state index >= 15 is 0 Å². The maximum Gasteiger partial charge on any atom is 0.225 e. The van der Waals surface area contributed by atoms with Crippen molar-refractivity contribution in [3.8, 4) is 0 Å². The van der Waals surface area contributed by atoms with Crippen molar-refractivity contribution in [2.75, 3.05) is 0 Å². The molecule has 3 N–H and O–H groups in total. The zero-order chi connectivity index (χ0) is 14.8. The van der Waals surface area contributed by atoms with E-state index < -0.39 is 5.54 Å². The van der Waals surface area contributed by atoms with E-state index in [2.05, 4.69) is 5.32 Å². The molecule has 20 heavy (non-hydrogen) atoms. The van der Waals surface area contributed by atoms with Gasteiger partial charge in [0.1, 0.15) is 0 Å². The molecular formula is C16H23ClN2O. The Morgan fingerprint density at radius 2 is 2.15 bits per heavy atom. The van der Waals surface area contributed by atoms with Crippen LogP contribution in [0.2, 0.25) is 5.02 Å². The molecule has 3 atom stereocenters. The van der Waals surface area contributed by atoms with Gasteiger partial charge >= 0.3 is 0 Å². The molecule has 3 nitrogen and oxygen atoms in total. The van der Waals surface area contributed by atoms with Gasteiger partial charge in [-0.25, -0.2) is 0 Å². The van der Waals surface area contributed by atoms with Gasteiger partial charge in [0.05, 0.1) is 12.0 Å². The van der Waals surface area contributed by atoms with E-state index in [4.69, 9.17) is 17.3 Å². The van der Waals surface area contributed by atoms with Crippen LogP contribution in [0, 0.1) is 5.92 Å². The molecule has 0 aromatic heterocycles. The van der Waals surface area contributed by atoms with Crippen molar-refractivity contribution in [2.24, 2.45) is 11.7 Å². The molecule has 0 aliphatic heterocycles. The lowest BCUT2D eigenvalue weighted by molar-refractivity contribution is -0.128. The molecule has 1 fully saturated rings. The monoisotopic (exact) mass is 294 g/mol. The Morgan fingerprint density at radius 3 is 2.80 bits per heavy atom. The van der Waals surface area contributed by atoms with Gasteiger partial charge in [0.2, 0.25) is 5.91 Å². The van der Waals surface area contributed by atoms with E-state index in [-0.39, 0.29) is 17.9 Å². The van der Waals surface area contributed by atoms with Gasteiger partial charge < -0.3 is 11.1 Å². The highest BCUT2D eigenvalue weighted by Gasteiger charge is 2.38. The van der Waals surface area contributed by atoms with Gasteiger partial charge in [0, 0.05) is 10.6 Å². The number of nitrogens with one attached hydrogen (secondary N) is 1. The third-order valence-corrected chi connectivity index (χ3v) is 4.65. The summed E-state index contributed by atoms with van der Waals surface area (Å²) in [6.45, 7) is 3.94. The van der Waals surface area contributed by atoms with E-state index in [1.54, 1.807) is 0 Å². The summed E-state index contributed by atoms with van der Waals surface area (Å²) in [7, 11) is 0. The van der Waals surface area contributed by atoms with Gasteiger partial charge in [0.25, 0.3) is 0 Å². The molecule has 0 radical (unpaired) electrons.